The van der Waals surface area contributed by atoms with Crippen LogP contribution in [0.2, 0.25) is 0 Å². The minimum atomic E-state index is -4.55. The SMILES string of the molecule is O=C(NC=C(c1ccccc1)c1ccccc1)c1c(O)sc2ccc(C(F)(F)F)cc12. The lowest BCUT2D eigenvalue weighted by atomic mass is 9.99. The summed E-state index contributed by atoms with van der Waals surface area (Å²) in [5, 5.41) is 12.6. The largest absolute Gasteiger partial charge is 0.499 e. The van der Waals surface area contributed by atoms with E-state index in [9.17, 15) is 23.1 Å². The van der Waals surface area contributed by atoms with Gasteiger partial charge in [-0.05, 0) is 29.3 Å². The molecule has 1 aromatic heterocycles. The number of rotatable bonds is 4. The Morgan fingerprint density at radius 1 is 0.903 bits per heavy atom. The second-order valence-electron chi connectivity index (χ2n) is 6.75. The topological polar surface area (TPSA) is 49.3 Å². The standard InChI is InChI=1S/C24H16F3NO2S/c25-24(26,27)17-11-12-20-18(13-17)21(23(30)31-20)22(29)28-14-19(15-7-3-1-4-8-15)16-9-5-2-6-10-16/h1-14,30H,(H,28,29). The van der Waals surface area contributed by atoms with E-state index in [0.29, 0.717) is 4.70 Å². The van der Waals surface area contributed by atoms with Crippen LogP contribution in [0, 0.1) is 0 Å². The lowest BCUT2D eigenvalue weighted by Gasteiger charge is -2.10. The molecular formula is C24H16F3NO2S. The van der Waals surface area contributed by atoms with Gasteiger partial charge < -0.3 is 10.4 Å². The van der Waals surface area contributed by atoms with Gasteiger partial charge in [0.1, 0.15) is 5.56 Å². The number of alkyl halides is 3. The van der Waals surface area contributed by atoms with Crippen molar-refractivity contribution in [2.75, 3.05) is 0 Å². The molecule has 4 aromatic rings. The molecule has 31 heavy (non-hydrogen) atoms. The van der Waals surface area contributed by atoms with Gasteiger partial charge in [0.15, 0.2) is 5.06 Å². The predicted octanol–water partition coefficient (Wildman–Crippen LogP) is 6.44. The Morgan fingerprint density at radius 2 is 1.48 bits per heavy atom. The summed E-state index contributed by atoms with van der Waals surface area (Å²) >= 11 is 0.860. The van der Waals surface area contributed by atoms with Gasteiger partial charge in [-0.1, -0.05) is 72.0 Å². The molecule has 2 N–H and O–H groups in total. The fourth-order valence-electron chi connectivity index (χ4n) is 3.26. The summed E-state index contributed by atoms with van der Waals surface area (Å²) in [6, 6.07) is 21.8. The van der Waals surface area contributed by atoms with E-state index in [1.54, 1.807) is 0 Å². The number of thiophene rings is 1. The van der Waals surface area contributed by atoms with Gasteiger partial charge in [-0.15, -0.1) is 0 Å². The van der Waals surface area contributed by atoms with E-state index >= 15 is 0 Å². The first kappa shape index (κ1) is 20.7. The number of amides is 1. The van der Waals surface area contributed by atoms with Crippen LogP contribution in [0.25, 0.3) is 15.7 Å². The highest BCUT2D eigenvalue weighted by molar-refractivity contribution is 7.21. The Bertz CT molecular complexity index is 1220. The number of fused-ring (bicyclic) bond motifs is 1. The summed E-state index contributed by atoms with van der Waals surface area (Å²) in [5.74, 6) is -0.688. The summed E-state index contributed by atoms with van der Waals surface area (Å²) in [7, 11) is 0. The number of carbonyl (C=O) groups excluding carboxylic acids is 1. The van der Waals surface area contributed by atoms with Crippen molar-refractivity contribution in [3.8, 4) is 5.06 Å². The first-order valence-electron chi connectivity index (χ1n) is 9.29. The monoisotopic (exact) mass is 439 g/mol. The van der Waals surface area contributed by atoms with E-state index in [0.717, 1.165) is 40.2 Å². The van der Waals surface area contributed by atoms with E-state index < -0.39 is 17.6 Å². The molecule has 0 aliphatic carbocycles. The normalized spacial score (nSPS) is 11.3. The Hall–Kier alpha value is -3.58. The average Bonchev–Trinajstić information content (AvgIpc) is 3.09. The van der Waals surface area contributed by atoms with Gasteiger partial charge in [0.05, 0.1) is 5.56 Å². The molecule has 0 bridgehead atoms. The van der Waals surface area contributed by atoms with E-state index in [4.69, 9.17) is 0 Å². The van der Waals surface area contributed by atoms with Crippen LogP contribution in [0.15, 0.2) is 85.1 Å². The first-order valence-corrected chi connectivity index (χ1v) is 10.1. The van der Waals surface area contributed by atoms with Crippen molar-refractivity contribution in [2.45, 2.75) is 6.18 Å². The Morgan fingerprint density at radius 3 is 2.03 bits per heavy atom. The Kier molecular flexibility index (Phi) is 5.52. The molecule has 0 unspecified atom stereocenters. The van der Waals surface area contributed by atoms with Crippen molar-refractivity contribution in [3.05, 3.63) is 107 Å². The van der Waals surface area contributed by atoms with E-state index in [-0.39, 0.29) is 16.0 Å². The van der Waals surface area contributed by atoms with Gasteiger partial charge in [-0.25, -0.2) is 0 Å². The number of hydrogen-bond acceptors (Lipinski definition) is 3. The molecule has 0 saturated heterocycles. The maximum absolute atomic E-state index is 13.1. The molecule has 1 heterocycles. The van der Waals surface area contributed by atoms with Gasteiger partial charge in [-0.2, -0.15) is 13.2 Å². The van der Waals surface area contributed by atoms with Crippen LogP contribution in [0.4, 0.5) is 13.2 Å². The van der Waals surface area contributed by atoms with E-state index in [1.165, 1.54) is 12.3 Å². The van der Waals surface area contributed by atoms with Crippen LogP contribution in [-0.4, -0.2) is 11.0 Å². The summed E-state index contributed by atoms with van der Waals surface area (Å²) in [5.41, 5.74) is 1.38. The molecule has 3 aromatic carbocycles. The van der Waals surface area contributed by atoms with E-state index in [1.807, 2.05) is 60.7 Å². The zero-order valence-electron chi connectivity index (χ0n) is 16.0. The second-order valence-corrected chi connectivity index (χ2v) is 7.79. The molecular weight excluding hydrogens is 423 g/mol. The van der Waals surface area contributed by atoms with Gasteiger partial charge >= 0.3 is 6.18 Å². The Balaban J connectivity index is 1.73. The van der Waals surface area contributed by atoms with Crippen molar-refractivity contribution in [1.29, 1.82) is 0 Å². The van der Waals surface area contributed by atoms with Crippen LogP contribution < -0.4 is 5.32 Å². The third-order valence-electron chi connectivity index (χ3n) is 4.74. The summed E-state index contributed by atoms with van der Waals surface area (Å²) in [4.78, 5) is 12.9. The third-order valence-corrected chi connectivity index (χ3v) is 5.71. The van der Waals surface area contributed by atoms with Gasteiger partial charge in [0, 0.05) is 21.9 Å². The molecule has 0 radical (unpaired) electrons. The molecule has 0 aliphatic rings. The van der Waals surface area contributed by atoms with Crippen LogP contribution >= 0.6 is 11.3 Å². The molecule has 1 amide bonds. The Labute approximate surface area is 180 Å². The number of halogens is 3. The van der Waals surface area contributed by atoms with Crippen LogP contribution in [0.3, 0.4) is 0 Å². The van der Waals surface area contributed by atoms with E-state index in [2.05, 4.69) is 5.32 Å². The maximum Gasteiger partial charge on any atom is 0.416 e. The fraction of sp³-hybridized carbons (Fsp3) is 0.0417. The van der Waals surface area contributed by atoms with Crippen LogP contribution in [0.1, 0.15) is 27.0 Å². The lowest BCUT2D eigenvalue weighted by molar-refractivity contribution is -0.137. The highest BCUT2D eigenvalue weighted by Gasteiger charge is 2.31. The van der Waals surface area contributed by atoms with Crippen molar-refractivity contribution in [3.63, 3.8) is 0 Å². The van der Waals surface area contributed by atoms with Crippen molar-refractivity contribution in [1.82, 2.24) is 5.32 Å². The fourth-order valence-corrected chi connectivity index (χ4v) is 4.18. The minimum Gasteiger partial charge on any atom is -0.499 e. The van der Waals surface area contributed by atoms with Gasteiger partial charge in [0.2, 0.25) is 0 Å². The zero-order valence-corrected chi connectivity index (χ0v) is 16.8. The number of nitrogens with one attached hydrogen (secondary N) is 1. The lowest BCUT2D eigenvalue weighted by Crippen LogP contribution is -2.18. The van der Waals surface area contributed by atoms with Gasteiger partial charge in [0.25, 0.3) is 5.91 Å². The summed E-state index contributed by atoms with van der Waals surface area (Å²) in [6.07, 6.45) is -3.04. The number of aromatic hydroxyl groups is 1. The van der Waals surface area contributed by atoms with Crippen LogP contribution in [-0.2, 0) is 6.18 Å². The molecule has 7 heteroatoms. The summed E-state index contributed by atoms with van der Waals surface area (Å²) in [6.45, 7) is 0. The molecule has 0 fully saturated rings. The second kappa shape index (κ2) is 8.28. The van der Waals surface area contributed by atoms with Crippen molar-refractivity contribution < 1.29 is 23.1 Å². The smallest absolute Gasteiger partial charge is 0.416 e. The predicted molar refractivity (Wildman–Crippen MR) is 116 cm³/mol. The zero-order chi connectivity index (χ0) is 22.0. The number of carbonyl (C=O) groups is 1. The van der Waals surface area contributed by atoms with Crippen molar-refractivity contribution >= 4 is 32.9 Å². The van der Waals surface area contributed by atoms with Gasteiger partial charge in [-0.3, -0.25) is 4.79 Å². The molecule has 0 saturated carbocycles. The molecule has 3 nitrogen and oxygen atoms in total. The highest BCUT2D eigenvalue weighted by Crippen LogP contribution is 2.40. The molecule has 4 rings (SSSR count). The maximum atomic E-state index is 13.1. The summed E-state index contributed by atoms with van der Waals surface area (Å²) < 4.78 is 39.7. The van der Waals surface area contributed by atoms with Crippen molar-refractivity contribution in [2.24, 2.45) is 0 Å². The molecule has 0 aliphatic heterocycles. The van der Waals surface area contributed by atoms with Crippen LogP contribution in [0.5, 0.6) is 5.06 Å². The third kappa shape index (κ3) is 4.32. The molecule has 156 valence electrons. The minimum absolute atomic E-state index is 0.0594. The molecule has 0 spiro atoms. The highest BCUT2D eigenvalue weighted by atomic mass is 32.1. The quantitative estimate of drug-likeness (QED) is 0.384. The number of hydrogen-bond donors (Lipinski definition) is 2. The first-order chi connectivity index (χ1) is 14.8. The molecule has 0 atom stereocenters. The average molecular weight is 439 g/mol. The number of benzene rings is 3.